The van der Waals surface area contributed by atoms with Gasteiger partial charge in [0.1, 0.15) is 0 Å². The van der Waals surface area contributed by atoms with Crippen LogP contribution in [0.4, 0.5) is 0 Å². The maximum absolute atomic E-state index is 12.5. The van der Waals surface area contributed by atoms with Gasteiger partial charge in [-0.3, -0.25) is 4.79 Å². The third-order valence-electron chi connectivity index (χ3n) is 3.80. The lowest BCUT2D eigenvalue weighted by Crippen LogP contribution is -2.40. The van der Waals surface area contributed by atoms with E-state index in [1.54, 1.807) is 24.3 Å². The maximum Gasteiger partial charge on any atom is 0.253 e. The molecule has 110 valence electrons. The van der Waals surface area contributed by atoms with Crippen molar-refractivity contribution in [1.29, 1.82) is 0 Å². The first-order valence-corrected chi connectivity index (χ1v) is 7.04. The predicted octanol–water partition coefficient (Wildman–Crippen LogP) is 1.58. The van der Waals surface area contributed by atoms with Gasteiger partial charge in [0, 0.05) is 30.8 Å². The fourth-order valence-corrected chi connectivity index (χ4v) is 2.64. The Bertz CT molecular complexity index is 595. The molecule has 1 unspecified atom stereocenters. The number of benzene rings is 1. The second kappa shape index (κ2) is 6.05. The van der Waals surface area contributed by atoms with Crippen LogP contribution in [0.15, 0.2) is 35.1 Å². The van der Waals surface area contributed by atoms with Gasteiger partial charge in [0.25, 0.3) is 5.91 Å². The first-order valence-electron chi connectivity index (χ1n) is 7.04. The molecule has 0 radical (unpaired) electrons. The van der Waals surface area contributed by atoms with Crippen molar-refractivity contribution in [3.8, 4) is 11.5 Å². The molecule has 1 atom stereocenters. The van der Waals surface area contributed by atoms with Gasteiger partial charge < -0.3 is 14.4 Å². The topological polar surface area (TPSA) is 79.5 Å². The number of aliphatic hydroxyl groups is 1. The Kier molecular flexibility index (Phi) is 3.96. The lowest BCUT2D eigenvalue weighted by Gasteiger charge is -2.31. The van der Waals surface area contributed by atoms with Crippen molar-refractivity contribution in [3.63, 3.8) is 0 Å². The Balaban J connectivity index is 1.73. The third-order valence-corrected chi connectivity index (χ3v) is 3.80. The van der Waals surface area contributed by atoms with Crippen LogP contribution in [-0.2, 0) is 0 Å². The van der Waals surface area contributed by atoms with Gasteiger partial charge in [0.15, 0.2) is 0 Å². The summed E-state index contributed by atoms with van der Waals surface area (Å²) in [7, 11) is 0. The number of aliphatic hydroxyl groups excluding tert-OH is 1. The summed E-state index contributed by atoms with van der Waals surface area (Å²) in [6.07, 6.45) is 3.20. The molecule has 3 rings (SSSR count). The molecule has 1 N–H and O–H groups in total. The number of amides is 1. The van der Waals surface area contributed by atoms with Crippen molar-refractivity contribution in [2.45, 2.75) is 12.8 Å². The van der Waals surface area contributed by atoms with Crippen LogP contribution in [0.25, 0.3) is 11.5 Å². The van der Waals surface area contributed by atoms with E-state index < -0.39 is 0 Å². The largest absolute Gasteiger partial charge is 0.423 e. The quantitative estimate of drug-likeness (QED) is 0.927. The summed E-state index contributed by atoms with van der Waals surface area (Å²) in [5, 5.41) is 16.7. The molecular weight excluding hydrogens is 270 g/mol. The molecule has 1 aromatic carbocycles. The third kappa shape index (κ3) is 2.95. The Morgan fingerprint density at radius 1 is 1.38 bits per heavy atom. The zero-order chi connectivity index (χ0) is 14.7. The van der Waals surface area contributed by atoms with E-state index >= 15 is 0 Å². The van der Waals surface area contributed by atoms with Crippen molar-refractivity contribution >= 4 is 5.91 Å². The highest BCUT2D eigenvalue weighted by atomic mass is 16.4. The summed E-state index contributed by atoms with van der Waals surface area (Å²) >= 11 is 0. The van der Waals surface area contributed by atoms with Crippen molar-refractivity contribution in [2.24, 2.45) is 5.92 Å². The SMILES string of the molecule is O=C(c1ccc(-c2nnco2)cc1)N1CCCC(CO)C1. The van der Waals surface area contributed by atoms with E-state index in [9.17, 15) is 9.90 Å². The Morgan fingerprint density at radius 2 is 2.19 bits per heavy atom. The second-order valence-corrected chi connectivity index (χ2v) is 5.26. The molecule has 0 aliphatic carbocycles. The number of carbonyl (C=O) groups is 1. The van der Waals surface area contributed by atoms with Crippen molar-refractivity contribution in [3.05, 3.63) is 36.2 Å². The molecule has 1 aliphatic heterocycles. The molecular formula is C15H17N3O3. The van der Waals surface area contributed by atoms with E-state index in [1.807, 2.05) is 4.90 Å². The summed E-state index contributed by atoms with van der Waals surface area (Å²) in [5.74, 6) is 0.637. The molecule has 21 heavy (non-hydrogen) atoms. The predicted molar refractivity (Wildman–Crippen MR) is 75.4 cm³/mol. The lowest BCUT2D eigenvalue weighted by molar-refractivity contribution is 0.0620. The standard InChI is InChI=1S/C15H17N3O3/c19-9-11-2-1-7-18(8-11)15(20)13-5-3-12(4-6-13)14-17-16-10-21-14/h3-6,10-11,19H,1-2,7-9H2. The summed E-state index contributed by atoms with van der Waals surface area (Å²) in [4.78, 5) is 14.3. The molecule has 1 fully saturated rings. The Morgan fingerprint density at radius 3 is 2.86 bits per heavy atom. The zero-order valence-electron chi connectivity index (χ0n) is 11.6. The van der Waals surface area contributed by atoms with E-state index in [-0.39, 0.29) is 18.4 Å². The Hall–Kier alpha value is -2.21. The summed E-state index contributed by atoms with van der Waals surface area (Å²) in [6.45, 7) is 1.52. The van der Waals surface area contributed by atoms with Gasteiger partial charge in [0.05, 0.1) is 0 Å². The van der Waals surface area contributed by atoms with Gasteiger partial charge in [-0.1, -0.05) is 0 Å². The highest BCUT2D eigenvalue weighted by Gasteiger charge is 2.24. The number of rotatable bonds is 3. The first kappa shape index (κ1) is 13.8. The van der Waals surface area contributed by atoms with Crippen LogP contribution in [0.1, 0.15) is 23.2 Å². The average Bonchev–Trinajstić information content (AvgIpc) is 3.09. The van der Waals surface area contributed by atoms with Gasteiger partial charge in [-0.05, 0) is 43.0 Å². The van der Waals surface area contributed by atoms with E-state index in [0.717, 1.165) is 24.9 Å². The van der Waals surface area contributed by atoms with E-state index in [2.05, 4.69) is 10.2 Å². The fourth-order valence-electron chi connectivity index (χ4n) is 2.64. The van der Waals surface area contributed by atoms with E-state index in [0.29, 0.717) is 18.0 Å². The minimum Gasteiger partial charge on any atom is -0.423 e. The van der Waals surface area contributed by atoms with Gasteiger partial charge >= 0.3 is 0 Å². The van der Waals surface area contributed by atoms with Gasteiger partial charge in [-0.2, -0.15) is 0 Å². The van der Waals surface area contributed by atoms with Gasteiger partial charge in [0.2, 0.25) is 12.3 Å². The van der Waals surface area contributed by atoms with Gasteiger partial charge in [-0.25, -0.2) is 0 Å². The van der Waals surface area contributed by atoms with Crippen LogP contribution < -0.4 is 0 Å². The van der Waals surface area contributed by atoms with Crippen LogP contribution in [0.2, 0.25) is 0 Å². The molecule has 1 aromatic heterocycles. The number of aromatic nitrogens is 2. The normalized spacial score (nSPS) is 18.7. The molecule has 6 heteroatoms. The molecule has 2 heterocycles. The van der Waals surface area contributed by atoms with E-state index in [1.165, 1.54) is 6.39 Å². The second-order valence-electron chi connectivity index (χ2n) is 5.26. The summed E-state index contributed by atoms with van der Waals surface area (Å²) < 4.78 is 5.12. The lowest BCUT2D eigenvalue weighted by atomic mass is 9.98. The number of hydrogen-bond acceptors (Lipinski definition) is 5. The summed E-state index contributed by atoms with van der Waals surface area (Å²) in [5.41, 5.74) is 1.42. The molecule has 1 aliphatic rings. The molecule has 0 saturated carbocycles. The minimum absolute atomic E-state index is 0.00484. The van der Waals surface area contributed by atoms with Crippen LogP contribution in [0.5, 0.6) is 0 Å². The zero-order valence-corrected chi connectivity index (χ0v) is 11.6. The number of likely N-dealkylation sites (tertiary alicyclic amines) is 1. The van der Waals surface area contributed by atoms with Gasteiger partial charge in [-0.15, -0.1) is 10.2 Å². The van der Waals surface area contributed by atoms with Crippen LogP contribution in [-0.4, -0.2) is 45.8 Å². The number of carbonyl (C=O) groups excluding carboxylic acids is 1. The number of hydrogen-bond donors (Lipinski definition) is 1. The number of piperidine rings is 1. The highest BCUT2D eigenvalue weighted by molar-refractivity contribution is 5.94. The monoisotopic (exact) mass is 287 g/mol. The fraction of sp³-hybridized carbons (Fsp3) is 0.400. The first-order chi connectivity index (χ1) is 10.3. The number of nitrogens with zero attached hydrogens (tertiary/aromatic N) is 3. The molecule has 0 bridgehead atoms. The van der Waals surface area contributed by atoms with Crippen molar-refractivity contribution < 1.29 is 14.3 Å². The van der Waals surface area contributed by atoms with E-state index in [4.69, 9.17) is 4.42 Å². The molecule has 0 spiro atoms. The molecule has 1 amide bonds. The highest BCUT2D eigenvalue weighted by Crippen LogP contribution is 2.20. The summed E-state index contributed by atoms with van der Waals surface area (Å²) in [6, 6.07) is 7.14. The molecule has 6 nitrogen and oxygen atoms in total. The molecule has 1 saturated heterocycles. The van der Waals surface area contributed by atoms with Crippen molar-refractivity contribution in [1.82, 2.24) is 15.1 Å². The maximum atomic E-state index is 12.5. The minimum atomic E-state index is 0.00484. The van der Waals surface area contributed by atoms with Crippen LogP contribution in [0.3, 0.4) is 0 Å². The van der Waals surface area contributed by atoms with Crippen LogP contribution in [0, 0.1) is 5.92 Å². The van der Waals surface area contributed by atoms with Crippen molar-refractivity contribution in [2.75, 3.05) is 19.7 Å². The van der Waals surface area contributed by atoms with Crippen LogP contribution >= 0.6 is 0 Å². The smallest absolute Gasteiger partial charge is 0.253 e. The Labute approximate surface area is 122 Å². The average molecular weight is 287 g/mol. The molecule has 2 aromatic rings.